The van der Waals surface area contributed by atoms with Crippen molar-refractivity contribution in [2.75, 3.05) is 13.1 Å². The highest BCUT2D eigenvalue weighted by Gasteiger charge is 2.65. The molecule has 4 aliphatic carbocycles. The molecule has 0 aromatic carbocycles. The van der Waals surface area contributed by atoms with E-state index in [1.165, 1.54) is 0 Å². The average molecular weight is 633 g/mol. The first-order valence-electron chi connectivity index (χ1n) is 17.9. The Hall–Kier alpha value is -2.39. The number of aromatic nitrogens is 2. The number of rotatable bonds is 11. The van der Waals surface area contributed by atoms with Gasteiger partial charge in [0.2, 0.25) is 5.91 Å². The summed E-state index contributed by atoms with van der Waals surface area (Å²) < 4.78 is 0. The van der Waals surface area contributed by atoms with E-state index in [9.17, 15) is 20.1 Å². The van der Waals surface area contributed by atoms with Crippen molar-refractivity contribution in [3.05, 3.63) is 60.2 Å². The maximum Gasteiger partial charge on any atom is 0.220 e. The lowest BCUT2D eigenvalue weighted by Crippen LogP contribution is -2.62. The van der Waals surface area contributed by atoms with E-state index in [0.717, 1.165) is 62.8 Å². The minimum absolute atomic E-state index is 0.0765. The predicted molar refractivity (Wildman–Crippen MR) is 178 cm³/mol. The molecule has 8 nitrogen and oxygen atoms in total. The van der Waals surface area contributed by atoms with Crippen molar-refractivity contribution in [1.29, 1.82) is 0 Å². The topological polar surface area (TPSA) is 119 Å². The van der Waals surface area contributed by atoms with Crippen LogP contribution in [0.5, 0.6) is 0 Å². The van der Waals surface area contributed by atoms with Gasteiger partial charge in [-0.25, -0.2) is 0 Å². The highest BCUT2D eigenvalue weighted by atomic mass is 16.3. The fraction of sp³-hybridized carbons (Fsp3) is 0.711. The molecule has 6 rings (SSSR count). The second-order valence-electron chi connectivity index (χ2n) is 15.7. The monoisotopic (exact) mass is 632 g/mol. The van der Waals surface area contributed by atoms with Crippen LogP contribution in [-0.2, 0) is 17.9 Å². The number of amides is 1. The van der Waals surface area contributed by atoms with Gasteiger partial charge in [-0.1, -0.05) is 32.9 Å². The van der Waals surface area contributed by atoms with Gasteiger partial charge in [0, 0.05) is 45.0 Å². The van der Waals surface area contributed by atoms with Crippen molar-refractivity contribution in [1.82, 2.24) is 20.2 Å². The van der Waals surface area contributed by atoms with Crippen LogP contribution in [0.2, 0.25) is 0 Å². The molecule has 252 valence electrons. The minimum Gasteiger partial charge on any atom is -0.393 e. The zero-order valence-electron chi connectivity index (χ0n) is 28.1. The molecule has 2 heterocycles. The van der Waals surface area contributed by atoms with Crippen molar-refractivity contribution < 1.29 is 20.1 Å². The lowest BCUT2D eigenvalue weighted by atomic mass is 9.43. The summed E-state index contributed by atoms with van der Waals surface area (Å²) in [5, 5.41) is 37.0. The highest BCUT2D eigenvalue weighted by Crippen LogP contribution is 2.68. The molecule has 0 unspecified atom stereocenters. The van der Waals surface area contributed by atoms with E-state index in [1.54, 1.807) is 0 Å². The quantitative estimate of drug-likeness (QED) is 0.276. The first-order chi connectivity index (χ1) is 22.1. The summed E-state index contributed by atoms with van der Waals surface area (Å²) in [6, 6.07) is 11.9. The Kier molecular flexibility index (Phi) is 10.2. The number of aliphatic hydroxyl groups excluding tert-OH is 3. The van der Waals surface area contributed by atoms with Crippen LogP contribution < -0.4 is 5.32 Å². The molecule has 11 atom stereocenters. The van der Waals surface area contributed by atoms with Gasteiger partial charge >= 0.3 is 0 Å². The molecule has 0 spiro atoms. The Bertz CT molecular complexity index is 1260. The van der Waals surface area contributed by atoms with E-state index < -0.39 is 6.10 Å². The molecule has 4 aliphatic rings. The van der Waals surface area contributed by atoms with Crippen LogP contribution in [0.3, 0.4) is 0 Å². The Labute approximate surface area is 275 Å². The third kappa shape index (κ3) is 6.65. The van der Waals surface area contributed by atoms with Gasteiger partial charge in [-0.3, -0.25) is 19.7 Å². The number of hydrogen-bond donors (Lipinski definition) is 4. The van der Waals surface area contributed by atoms with Gasteiger partial charge < -0.3 is 20.6 Å². The fourth-order valence-corrected chi connectivity index (χ4v) is 10.8. The Morgan fingerprint density at radius 1 is 0.957 bits per heavy atom. The predicted octanol–water partition coefficient (Wildman–Crippen LogP) is 4.97. The van der Waals surface area contributed by atoms with E-state index in [-0.39, 0.29) is 34.9 Å². The number of fused-ring (bicyclic) bond motifs is 5. The first kappa shape index (κ1) is 33.5. The van der Waals surface area contributed by atoms with Crippen molar-refractivity contribution in [3.63, 3.8) is 0 Å². The molecule has 0 bridgehead atoms. The van der Waals surface area contributed by atoms with Gasteiger partial charge in [-0.2, -0.15) is 0 Å². The number of pyridine rings is 2. The fourth-order valence-electron chi connectivity index (χ4n) is 10.8. The highest BCUT2D eigenvalue weighted by molar-refractivity contribution is 5.75. The number of carbonyl (C=O) groups excluding carboxylic acids is 1. The lowest BCUT2D eigenvalue weighted by molar-refractivity contribution is -0.207. The molecule has 0 radical (unpaired) electrons. The van der Waals surface area contributed by atoms with E-state index in [4.69, 9.17) is 0 Å². The minimum atomic E-state index is -0.402. The molecule has 4 N–H and O–H groups in total. The largest absolute Gasteiger partial charge is 0.393 e. The van der Waals surface area contributed by atoms with Crippen LogP contribution in [0.4, 0.5) is 0 Å². The van der Waals surface area contributed by atoms with Gasteiger partial charge in [-0.05, 0) is 122 Å². The van der Waals surface area contributed by atoms with Crippen molar-refractivity contribution >= 4 is 5.91 Å². The molecule has 2 aromatic rings. The SMILES string of the molecule is C[C@H](CCC(=O)NCCN(Cc1ccccn1)Cc1ccccn1)[C@H]1CC[C@H]2[C@@H]3[C@H](O)C[C@@H]4C[C@H](O)CC[C@]4(C)[C@H]3C[C@H](O)[C@]12C. The molecule has 8 heteroatoms. The summed E-state index contributed by atoms with van der Waals surface area (Å²) in [6.07, 6.45) is 10.1. The molecule has 1 amide bonds. The van der Waals surface area contributed by atoms with Crippen molar-refractivity contribution in [2.45, 2.75) is 110 Å². The normalized spacial score (nSPS) is 37.6. The van der Waals surface area contributed by atoms with E-state index in [1.807, 2.05) is 48.8 Å². The van der Waals surface area contributed by atoms with Gasteiger partial charge in [0.15, 0.2) is 0 Å². The van der Waals surface area contributed by atoms with Gasteiger partial charge in [0.1, 0.15) is 0 Å². The third-order valence-electron chi connectivity index (χ3n) is 13.3. The van der Waals surface area contributed by atoms with E-state index in [0.29, 0.717) is 62.2 Å². The molecule has 0 aliphatic heterocycles. The summed E-state index contributed by atoms with van der Waals surface area (Å²) in [6.45, 7) is 9.57. The van der Waals surface area contributed by atoms with Crippen LogP contribution in [0, 0.1) is 46.3 Å². The van der Waals surface area contributed by atoms with Gasteiger partial charge in [0.05, 0.1) is 29.7 Å². The third-order valence-corrected chi connectivity index (χ3v) is 13.3. The molecular weight excluding hydrogens is 576 g/mol. The molecule has 2 aromatic heterocycles. The summed E-state index contributed by atoms with van der Waals surface area (Å²) >= 11 is 0. The average Bonchev–Trinajstić information content (AvgIpc) is 3.40. The zero-order valence-corrected chi connectivity index (χ0v) is 28.1. The van der Waals surface area contributed by atoms with Gasteiger partial charge in [-0.15, -0.1) is 0 Å². The molecule has 0 saturated heterocycles. The van der Waals surface area contributed by atoms with E-state index in [2.05, 4.69) is 41.0 Å². The lowest BCUT2D eigenvalue weighted by Gasteiger charge is -2.63. The maximum atomic E-state index is 13.1. The number of aliphatic hydroxyl groups is 3. The second-order valence-corrected chi connectivity index (χ2v) is 15.7. The van der Waals surface area contributed by atoms with Crippen LogP contribution in [0.25, 0.3) is 0 Å². The number of carbonyl (C=O) groups is 1. The smallest absolute Gasteiger partial charge is 0.220 e. The summed E-state index contributed by atoms with van der Waals surface area (Å²) in [7, 11) is 0. The van der Waals surface area contributed by atoms with E-state index >= 15 is 0 Å². The molecule has 46 heavy (non-hydrogen) atoms. The summed E-state index contributed by atoms with van der Waals surface area (Å²) in [5.41, 5.74) is 1.82. The van der Waals surface area contributed by atoms with Crippen molar-refractivity contribution in [3.8, 4) is 0 Å². The van der Waals surface area contributed by atoms with Crippen LogP contribution in [-0.4, -0.2) is 67.5 Å². The Morgan fingerprint density at radius 2 is 1.65 bits per heavy atom. The number of hydrogen-bond acceptors (Lipinski definition) is 7. The standard InChI is InChI=1S/C38H56N4O4/c1-25(10-13-35(46)41-18-19-42(23-27-8-4-6-16-39-27)24-28-9-5-7-17-40-28)30-11-12-31-36-32(22-34(45)38(30,31)3)37(2)15-14-29(43)20-26(37)21-33(36)44/h4-9,16-17,25-26,29-34,36,43-45H,10-15,18-24H2,1-3H3,(H,41,46)/t25-,26+,29-,30-,31+,32+,33-,34+,36+,37+,38-/m1/s1. The van der Waals surface area contributed by atoms with Gasteiger partial charge in [0.25, 0.3) is 0 Å². The second kappa shape index (κ2) is 14.0. The molecule has 4 saturated carbocycles. The molecule has 4 fully saturated rings. The van der Waals surface area contributed by atoms with Crippen LogP contribution >= 0.6 is 0 Å². The van der Waals surface area contributed by atoms with Crippen LogP contribution in [0.15, 0.2) is 48.8 Å². The number of nitrogens with zero attached hydrogens (tertiary/aromatic N) is 3. The zero-order chi connectivity index (χ0) is 32.5. The number of nitrogens with one attached hydrogen (secondary N) is 1. The maximum absolute atomic E-state index is 13.1. The van der Waals surface area contributed by atoms with Crippen LogP contribution in [0.1, 0.15) is 89.9 Å². The Morgan fingerprint density at radius 3 is 2.30 bits per heavy atom. The summed E-state index contributed by atoms with van der Waals surface area (Å²) in [4.78, 5) is 24.3. The summed E-state index contributed by atoms with van der Waals surface area (Å²) in [5.74, 6) is 1.86. The van der Waals surface area contributed by atoms with Crippen molar-refractivity contribution in [2.24, 2.45) is 46.3 Å². The molecular formula is C38H56N4O4. The Balaban J connectivity index is 1.03. The first-order valence-corrected chi connectivity index (χ1v) is 17.9.